The summed E-state index contributed by atoms with van der Waals surface area (Å²) >= 11 is 0. The minimum absolute atomic E-state index is 0.0131. The molecular weight excluding hydrogens is 383 g/mol. The van der Waals surface area contributed by atoms with E-state index in [9.17, 15) is 9.18 Å². The number of fused-ring (bicyclic) bond motifs is 1. The number of hydrogen-bond donors (Lipinski definition) is 0. The van der Waals surface area contributed by atoms with E-state index >= 15 is 0 Å². The van der Waals surface area contributed by atoms with Gasteiger partial charge in [-0.25, -0.2) is 4.39 Å². The van der Waals surface area contributed by atoms with Crippen molar-refractivity contribution in [2.45, 2.75) is 25.0 Å². The maximum atomic E-state index is 13.2. The van der Waals surface area contributed by atoms with Gasteiger partial charge in [0.25, 0.3) is 0 Å². The molecule has 0 bridgehead atoms. The molecule has 0 unspecified atom stereocenters. The second-order valence-corrected chi connectivity index (χ2v) is 8.20. The molecule has 3 aliphatic rings. The Morgan fingerprint density at radius 1 is 1.07 bits per heavy atom. The van der Waals surface area contributed by atoms with Crippen molar-refractivity contribution in [1.82, 2.24) is 9.80 Å². The number of benzene rings is 2. The largest absolute Gasteiger partial charge is 0.486 e. The lowest BCUT2D eigenvalue weighted by Gasteiger charge is -2.39. The number of nitrogens with zero attached hydrogens (tertiary/aromatic N) is 2. The molecule has 1 saturated heterocycles. The van der Waals surface area contributed by atoms with Crippen molar-refractivity contribution in [1.29, 1.82) is 0 Å². The molecular formula is C24H25FN2O3. The van der Waals surface area contributed by atoms with Gasteiger partial charge < -0.3 is 14.4 Å². The Labute approximate surface area is 175 Å². The van der Waals surface area contributed by atoms with Crippen LogP contribution in [-0.4, -0.2) is 60.6 Å². The first-order valence-electron chi connectivity index (χ1n) is 10.5. The fraction of sp³-hybridized carbons (Fsp3) is 0.375. The zero-order valence-electron chi connectivity index (χ0n) is 16.8. The minimum Gasteiger partial charge on any atom is -0.486 e. The Hall–Kier alpha value is -2.86. The van der Waals surface area contributed by atoms with Crippen LogP contribution in [-0.2, 0) is 4.79 Å². The second-order valence-electron chi connectivity index (χ2n) is 8.20. The molecule has 6 heteroatoms. The number of piperidine rings is 1. The summed E-state index contributed by atoms with van der Waals surface area (Å²) in [5, 5.41) is 0. The summed E-state index contributed by atoms with van der Waals surface area (Å²) in [6, 6.07) is 14.3. The summed E-state index contributed by atoms with van der Waals surface area (Å²) in [4.78, 5) is 17.0. The van der Waals surface area contributed by atoms with Gasteiger partial charge in [0.05, 0.1) is 0 Å². The average molecular weight is 408 g/mol. The van der Waals surface area contributed by atoms with Gasteiger partial charge in [-0.1, -0.05) is 24.3 Å². The van der Waals surface area contributed by atoms with Gasteiger partial charge in [-0.05, 0) is 54.8 Å². The summed E-state index contributed by atoms with van der Waals surface area (Å²) < 4.78 is 25.2. The van der Waals surface area contributed by atoms with Gasteiger partial charge in [-0.3, -0.25) is 9.69 Å². The van der Waals surface area contributed by atoms with Crippen LogP contribution in [0.15, 0.2) is 54.6 Å². The van der Waals surface area contributed by atoms with Crippen LogP contribution in [0.2, 0.25) is 0 Å². The van der Waals surface area contributed by atoms with Gasteiger partial charge in [-0.2, -0.15) is 0 Å². The van der Waals surface area contributed by atoms with Crippen LogP contribution in [0.1, 0.15) is 18.4 Å². The topological polar surface area (TPSA) is 42.0 Å². The number of rotatable bonds is 4. The lowest BCUT2D eigenvalue weighted by Crippen LogP contribution is -2.51. The first-order valence-corrected chi connectivity index (χ1v) is 10.5. The fourth-order valence-corrected chi connectivity index (χ4v) is 4.58. The predicted molar refractivity (Wildman–Crippen MR) is 112 cm³/mol. The van der Waals surface area contributed by atoms with Crippen LogP contribution in [0.5, 0.6) is 11.5 Å². The summed E-state index contributed by atoms with van der Waals surface area (Å²) in [5.41, 5.74) is 1.86. The summed E-state index contributed by atoms with van der Waals surface area (Å²) in [6.45, 7) is 3.73. The number of ether oxygens (including phenoxy) is 2. The van der Waals surface area contributed by atoms with E-state index in [1.165, 1.54) is 12.1 Å². The lowest BCUT2D eigenvalue weighted by molar-refractivity contribution is -0.127. The van der Waals surface area contributed by atoms with Crippen LogP contribution in [0.4, 0.5) is 4.39 Å². The van der Waals surface area contributed by atoms with Crippen LogP contribution >= 0.6 is 0 Å². The molecule has 2 atom stereocenters. The molecule has 156 valence electrons. The Morgan fingerprint density at radius 2 is 1.87 bits per heavy atom. The first kappa shape index (κ1) is 19.1. The molecule has 1 fully saturated rings. The zero-order valence-corrected chi connectivity index (χ0v) is 16.8. The van der Waals surface area contributed by atoms with Crippen molar-refractivity contribution in [2.75, 3.05) is 32.8 Å². The molecule has 5 nitrogen and oxygen atoms in total. The molecule has 0 aliphatic carbocycles. The van der Waals surface area contributed by atoms with Crippen molar-refractivity contribution < 1.29 is 18.7 Å². The Kier molecular flexibility index (Phi) is 5.17. The van der Waals surface area contributed by atoms with Gasteiger partial charge >= 0.3 is 0 Å². The number of likely N-dealkylation sites (tertiary alicyclic amines) is 1. The standard InChI is InChI=1S/C24H25FN2O3/c25-19-9-7-17(8-10-19)18-12-24(28)27(13-18)20-4-3-11-26(14-20)15-21-16-29-22-5-1-2-6-23(22)30-21/h1-2,5-10,12,20-21H,3-4,11,13-16H2/t20-,21-/m0/s1. The summed E-state index contributed by atoms with van der Waals surface area (Å²) in [5.74, 6) is 1.38. The SMILES string of the molecule is O=C1C=C(c2ccc(F)cc2)CN1[C@H]1CCCN(C[C@H]2COc3ccccc3O2)C1. The molecule has 3 heterocycles. The summed E-state index contributed by atoms with van der Waals surface area (Å²) in [7, 11) is 0. The molecule has 5 rings (SSSR count). The molecule has 3 aliphatic heterocycles. The van der Waals surface area contributed by atoms with E-state index in [4.69, 9.17) is 9.47 Å². The minimum atomic E-state index is -0.264. The Morgan fingerprint density at radius 3 is 2.70 bits per heavy atom. The highest BCUT2D eigenvalue weighted by molar-refractivity contribution is 6.00. The van der Waals surface area contributed by atoms with E-state index in [2.05, 4.69) is 4.90 Å². The number of hydrogen-bond acceptors (Lipinski definition) is 4. The molecule has 30 heavy (non-hydrogen) atoms. The van der Waals surface area contributed by atoms with E-state index in [1.807, 2.05) is 29.2 Å². The number of amides is 1. The molecule has 0 saturated carbocycles. The predicted octanol–water partition coefficient (Wildman–Crippen LogP) is 3.36. The summed E-state index contributed by atoms with van der Waals surface area (Å²) in [6.07, 6.45) is 3.73. The van der Waals surface area contributed by atoms with E-state index in [-0.39, 0.29) is 23.9 Å². The normalized spacial score (nSPS) is 24.1. The molecule has 1 amide bonds. The highest BCUT2D eigenvalue weighted by Crippen LogP contribution is 2.32. The fourth-order valence-electron chi connectivity index (χ4n) is 4.58. The van der Waals surface area contributed by atoms with Crippen LogP contribution in [0, 0.1) is 5.82 Å². The third-order valence-electron chi connectivity index (χ3n) is 6.09. The Bertz CT molecular complexity index is 959. The number of halogens is 1. The third kappa shape index (κ3) is 3.92. The number of carbonyl (C=O) groups is 1. The van der Waals surface area contributed by atoms with Crippen molar-refractivity contribution >= 4 is 11.5 Å². The van der Waals surface area contributed by atoms with E-state index in [0.29, 0.717) is 13.2 Å². The first-order chi connectivity index (χ1) is 14.7. The van der Waals surface area contributed by atoms with Gasteiger partial charge in [0.15, 0.2) is 11.5 Å². The lowest BCUT2D eigenvalue weighted by atomic mass is 10.0. The van der Waals surface area contributed by atoms with Crippen molar-refractivity contribution in [3.05, 3.63) is 66.0 Å². The molecule has 2 aromatic rings. The molecule has 0 spiro atoms. The van der Waals surface area contributed by atoms with Gasteiger partial charge in [0, 0.05) is 31.8 Å². The monoisotopic (exact) mass is 408 g/mol. The average Bonchev–Trinajstić information content (AvgIpc) is 3.16. The van der Waals surface area contributed by atoms with Crippen LogP contribution in [0.3, 0.4) is 0 Å². The highest BCUT2D eigenvalue weighted by atomic mass is 19.1. The van der Waals surface area contributed by atoms with E-state index in [1.54, 1.807) is 18.2 Å². The van der Waals surface area contributed by atoms with E-state index in [0.717, 1.165) is 55.1 Å². The molecule has 2 aromatic carbocycles. The molecule has 0 radical (unpaired) electrons. The van der Waals surface area contributed by atoms with Crippen molar-refractivity contribution in [3.63, 3.8) is 0 Å². The van der Waals surface area contributed by atoms with Crippen molar-refractivity contribution in [3.8, 4) is 11.5 Å². The maximum Gasteiger partial charge on any atom is 0.247 e. The molecule has 0 aromatic heterocycles. The van der Waals surface area contributed by atoms with Crippen LogP contribution < -0.4 is 9.47 Å². The quantitative estimate of drug-likeness (QED) is 0.778. The Balaban J connectivity index is 1.20. The second kappa shape index (κ2) is 8.11. The van der Waals surface area contributed by atoms with Gasteiger partial charge in [0.2, 0.25) is 5.91 Å². The highest BCUT2D eigenvalue weighted by Gasteiger charge is 2.33. The zero-order chi connectivity index (χ0) is 20.5. The van der Waals surface area contributed by atoms with Gasteiger partial charge in [0.1, 0.15) is 18.5 Å². The van der Waals surface area contributed by atoms with Crippen molar-refractivity contribution in [2.24, 2.45) is 0 Å². The third-order valence-corrected chi connectivity index (χ3v) is 6.09. The maximum absolute atomic E-state index is 13.2. The van der Waals surface area contributed by atoms with Crippen LogP contribution in [0.25, 0.3) is 5.57 Å². The smallest absolute Gasteiger partial charge is 0.247 e. The number of para-hydroxylation sites is 2. The molecule has 0 N–H and O–H groups in total. The van der Waals surface area contributed by atoms with E-state index < -0.39 is 0 Å². The van der Waals surface area contributed by atoms with Gasteiger partial charge in [-0.15, -0.1) is 0 Å². The number of carbonyl (C=O) groups excluding carboxylic acids is 1.